The third kappa shape index (κ3) is 4.43. The number of rotatable bonds is 7. The lowest BCUT2D eigenvalue weighted by Gasteiger charge is -2.23. The number of fused-ring (bicyclic) bond motifs is 1. The molecule has 3 rings (SSSR count). The molecule has 0 saturated carbocycles. The molecule has 0 aliphatic carbocycles. The fourth-order valence-corrected chi connectivity index (χ4v) is 4.79. The predicted molar refractivity (Wildman–Crippen MR) is 129 cm³/mol. The third-order valence-electron chi connectivity index (χ3n) is 6.20. The molecular formula is C24H32N4O2S. The summed E-state index contributed by atoms with van der Waals surface area (Å²) >= 11 is 1.54. The van der Waals surface area contributed by atoms with Gasteiger partial charge in [0.2, 0.25) is 5.91 Å². The van der Waals surface area contributed by atoms with Crippen molar-refractivity contribution in [2.75, 3.05) is 18.4 Å². The van der Waals surface area contributed by atoms with Crippen LogP contribution in [0.5, 0.6) is 0 Å². The number of aryl methyl sites for hydroxylation is 3. The fraction of sp³-hybridized carbons (Fsp3) is 0.458. The summed E-state index contributed by atoms with van der Waals surface area (Å²) in [7, 11) is 0. The Morgan fingerprint density at radius 2 is 1.84 bits per heavy atom. The zero-order valence-electron chi connectivity index (χ0n) is 19.5. The summed E-state index contributed by atoms with van der Waals surface area (Å²) in [4.78, 5) is 35.7. The molecule has 1 atom stereocenters. The first kappa shape index (κ1) is 23.2. The van der Waals surface area contributed by atoms with Crippen molar-refractivity contribution in [3.8, 4) is 0 Å². The maximum atomic E-state index is 13.6. The van der Waals surface area contributed by atoms with E-state index in [0.29, 0.717) is 17.8 Å². The Morgan fingerprint density at radius 1 is 1.16 bits per heavy atom. The molecule has 6 nitrogen and oxygen atoms in total. The highest BCUT2D eigenvalue weighted by Crippen LogP contribution is 2.28. The van der Waals surface area contributed by atoms with Gasteiger partial charge >= 0.3 is 0 Å². The molecule has 0 bridgehead atoms. The van der Waals surface area contributed by atoms with Crippen LogP contribution in [0.2, 0.25) is 0 Å². The van der Waals surface area contributed by atoms with E-state index < -0.39 is 6.04 Å². The van der Waals surface area contributed by atoms with E-state index in [-0.39, 0.29) is 11.5 Å². The molecule has 2 heterocycles. The van der Waals surface area contributed by atoms with E-state index in [2.05, 4.69) is 24.1 Å². The zero-order valence-corrected chi connectivity index (χ0v) is 20.3. The molecule has 0 fully saturated rings. The summed E-state index contributed by atoms with van der Waals surface area (Å²) in [5, 5.41) is 3.64. The van der Waals surface area contributed by atoms with Crippen molar-refractivity contribution < 1.29 is 4.79 Å². The molecule has 0 radical (unpaired) electrons. The normalized spacial score (nSPS) is 12.5. The molecule has 1 unspecified atom stereocenters. The first-order valence-corrected chi connectivity index (χ1v) is 11.6. The lowest BCUT2D eigenvalue weighted by Crippen LogP contribution is -2.37. The van der Waals surface area contributed by atoms with Crippen LogP contribution in [-0.4, -0.2) is 33.4 Å². The van der Waals surface area contributed by atoms with E-state index in [9.17, 15) is 9.59 Å². The molecule has 7 heteroatoms. The van der Waals surface area contributed by atoms with Crippen molar-refractivity contribution in [3.63, 3.8) is 0 Å². The summed E-state index contributed by atoms with van der Waals surface area (Å²) in [5.41, 5.74) is 3.71. The minimum absolute atomic E-state index is 0.141. The molecule has 0 saturated heterocycles. The van der Waals surface area contributed by atoms with Crippen molar-refractivity contribution in [2.24, 2.45) is 0 Å². The first-order valence-electron chi connectivity index (χ1n) is 10.8. The topological polar surface area (TPSA) is 67.2 Å². The molecule has 2 aromatic heterocycles. The van der Waals surface area contributed by atoms with E-state index in [1.54, 1.807) is 22.8 Å². The highest BCUT2D eigenvalue weighted by Gasteiger charge is 2.25. The molecule has 1 aromatic carbocycles. The van der Waals surface area contributed by atoms with Crippen LogP contribution >= 0.6 is 11.3 Å². The number of carbonyl (C=O) groups is 1. The average molecular weight is 441 g/mol. The summed E-state index contributed by atoms with van der Waals surface area (Å²) in [5.74, 6) is 0.411. The van der Waals surface area contributed by atoms with Gasteiger partial charge in [-0.05, 0) is 70.5 Å². The lowest BCUT2D eigenvalue weighted by molar-refractivity contribution is -0.119. The van der Waals surface area contributed by atoms with Gasteiger partial charge in [0.25, 0.3) is 5.56 Å². The Kier molecular flexibility index (Phi) is 6.96. The van der Waals surface area contributed by atoms with Crippen LogP contribution in [0.3, 0.4) is 0 Å². The Hall–Kier alpha value is -2.51. The second kappa shape index (κ2) is 9.32. The Labute approximate surface area is 187 Å². The fourth-order valence-electron chi connectivity index (χ4n) is 3.75. The number of nitrogens with zero attached hydrogens (tertiary/aromatic N) is 3. The second-order valence-corrected chi connectivity index (χ2v) is 9.24. The van der Waals surface area contributed by atoms with Crippen molar-refractivity contribution in [1.29, 1.82) is 0 Å². The predicted octanol–water partition coefficient (Wildman–Crippen LogP) is 4.73. The molecular weight excluding hydrogens is 408 g/mol. The molecule has 3 aromatic rings. The van der Waals surface area contributed by atoms with Gasteiger partial charge in [-0.2, -0.15) is 0 Å². The van der Waals surface area contributed by atoms with E-state index in [0.717, 1.165) is 45.2 Å². The van der Waals surface area contributed by atoms with Crippen LogP contribution in [0.25, 0.3) is 10.2 Å². The number of hydrogen-bond acceptors (Lipinski definition) is 5. The standard InChI is InChI=1S/C24H32N4O2S/c1-8-27(9-2)13-20-26-23-21(16(5)18(7)31-23)24(30)28(20)17(6)22(29)25-19-12-10-11-14(3)15(19)4/h10-12,17H,8-9,13H2,1-7H3,(H,25,29). The lowest BCUT2D eigenvalue weighted by atomic mass is 10.1. The quantitative estimate of drug-likeness (QED) is 0.577. The monoisotopic (exact) mass is 440 g/mol. The van der Waals surface area contributed by atoms with Gasteiger partial charge in [-0.15, -0.1) is 11.3 Å². The summed E-state index contributed by atoms with van der Waals surface area (Å²) in [6.45, 7) is 16.1. The Bertz CT molecular complexity index is 1170. The Morgan fingerprint density at radius 3 is 2.48 bits per heavy atom. The van der Waals surface area contributed by atoms with Crippen LogP contribution in [0.1, 0.15) is 54.2 Å². The van der Waals surface area contributed by atoms with Gasteiger partial charge < -0.3 is 5.32 Å². The molecule has 31 heavy (non-hydrogen) atoms. The maximum Gasteiger partial charge on any atom is 0.263 e. The van der Waals surface area contributed by atoms with Crippen LogP contribution in [-0.2, 0) is 11.3 Å². The molecule has 0 aliphatic rings. The summed E-state index contributed by atoms with van der Waals surface area (Å²) in [6, 6.07) is 5.14. The van der Waals surface area contributed by atoms with Crippen LogP contribution in [0.15, 0.2) is 23.0 Å². The average Bonchev–Trinajstić information content (AvgIpc) is 3.02. The SMILES string of the molecule is CCN(CC)Cc1nc2sc(C)c(C)c2c(=O)n1C(C)C(=O)Nc1cccc(C)c1C. The van der Waals surface area contributed by atoms with Crippen molar-refractivity contribution >= 4 is 33.1 Å². The number of thiophene rings is 1. The first-order chi connectivity index (χ1) is 14.7. The van der Waals surface area contributed by atoms with Gasteiger partial charge in [-0.1, -0.05) is 26.0 Å². The number of amides is 1. The zero-order chi connectivity index (χ0) is 22.9. The minimum Gasteiger partial charge on any atom is -0.324 e. The highest BCUT2D eigenvalue weighted by molar-refractivity contribution is 7.18. The number of anilines is 1. The van der Waals surface area contributed by atoms with Gasteiger partial charge in [0.1, 0.15) is 16.7 Å². The molecule has 1 amide bonds. The number of carbonyl (C=O) groups excluding carboxylic acids is 1. The Balaban J connectivity index is 2.10. The maximum absolute atomic E-state index is 13.6. The van der Waals surface area contributed by atoms with E-state index >= 15 is 0 Å². The van der Waals surface area contributed by atoms with Gasteiger partial charge in [-0.3, -0.25) is 19.1 Å². The smallest absolute Gasteiger partial charge is 0.263 e. The minimum atomic E-state index is -0.686. The number of benzene rings is 1. The van der Waals surface area contributed by atoms with Crippen LogP contribution < -0.4 is 10.9 Å². The van der Waals surface area contributed by atoms with Gasteiger partial charge in [0, 0.05) is 10.6 Å². The summed E-state index contributed by atoms with van der Waals surface area (Å²) < 4.78 is 1.58. The third-order valence-corrected chi connectivity index (χ3v) is 7.30. The van der Waals surface area contributed by atoms with E-state index in [4.69, 9.17) is 4.98 Å². The van der Waals surface area contributed by atoms with Gasteiger partial charge in [0.05, 0.1) is 11.9 Å². The molecule has 0 spiro atoms. The van der Waals surface area contributed by atoms with Gasteiger partial charge in [-0.25, -0.2) is 4.98 Å². The highest BCUT2D eigenvalue weighted by atomic mass is 32.1. The van der Waals surface area contributed by atoms with Crippen LogP contribution in [0.4, 0.5) is 5.69 Å². The summed E-state index contributed by atoms with van der Waals surface area (Å²) in [6.07, 6.45) is 0. The number of aromatic nitrogens is 2. The number of hydrogen-bond donors (Lipinski definition) is 1. The van der Waals surface area contributed by atoms with Crippen LogP contribution in [0, 0.1) is 27.7 Å². The largest absolute Gasteiger partial charge is 0.324 e. The second-order valence-electron chi connectivity index (χ2n) is 8.04. The molecule has 1 N–H and O–H groups in total. The van der Waals surface area contributed by atoms with Crippen molar-refractivity contribution in [3.05, 3.63) is 55.9 Å². The van der Waals surface area contributed by atoms with E-state index in [1.807, 2.05) is 45.9 Å². The van der Waals surface area contributed by atoms with E-state index in [1.165, 1.54) is 0 Å². The van der Waals surface area contributed by atoms with Crippen molar-refractivity contribution in [1.82, 2.24) is 14.5 Å². The van der Waals surface area contributed by atoms with Crippen molar-refractivity contribution in [2.45, 2.75) is 61.1 Å². The molecule has 0 aliphatic heterocycles. The molecule has 166 valence electrons. The number of nitrogens with one attached hydrogen (secondary N) is 1. The van der Waals surface area contributed by atoms with Gasteiger partial charge in [0.15, 0.2) is 0 Å².